The van der Waals surface area contributed by atoms with Crippen LogP contribution in [0.25, 0.3) is 11.1 Å². The lowest BCUT2D eigenvalue weighted by Gasteiger charge is -2.29. The van der Waals surface area contributed by atoms with Gasteiger partial charge in [0.15, 0.2) is 11.6 Å². The van der Waals surface area contributed by atoms with E-state index in [0.29, 0.717) is 29.7 Å². The molecule has 2 aromatic carbocycles. The molecule has 2 atom stereocenters. The molecular weight excluding hydrogens is 397 g/mol. The van der Waals surface area contributed by atoms with E-state index in [1.165, 1.54) is 6.07 Å². The monoisotopic (exact) mass is 432 g/mol. The topological polar surface area (TPSA) is 9.23 Å². The molecule has 0 saturated carbocycles. The first kappa shape index (κ1) is 23.8. The van der Waals surface area contributed by atoms with Gasteiger partial charge in [-0.3, -0.25) is 0 Å². The zero-order chi connectivity index (χ0) is 22.2. The fourth-order valence-electron chi connectivity index (χ4n) is 4.47. The van der Waals surface area contributed by atoms with Crippen molar-refractivity contribution < 1.29 is 17.9 Å². The minimum atomic E-state index is -0.902. The van der Waals surface area contributed by atoms with Crippen molar-refractivity contribution in [1.29, 1.82) is 0 Å². The summed E-state index contributed by atoms with van der Waals surface area (Å²) < 4.78 is 50.3. The van der Waals surface area contributed by atoms with Gasteiger partial charge in [0.2, 0.25) is 0 Å². The quantitative estimate of drug-likeness (QED) is 0.343. The lowest BCUT2D eigenvalue weighted by Crippen LogP contribution is -2.25. The highest BCUT2D eigenvalue weighted by atomic mass is 19.2. The Labute approximate surface area is 185 Å². The summed E-state index contributed by atoms with van der Waals surface area (Å²) in [5.74, 6) is -2.22. The van der Waals surface area contributed by atoms with Crippen LogP contribution in [0.3, 0.4) is 0 Å². The third-order valence-corrected chi connectivity index (χ3v) is 6.47. The Morgan fingerprint density at radius 2 is 1.68 bits per heavy atom. The molecule has 31 heavy (non-hydrogen) atoms. The molecule has 0 bridgehead atoms. The van der Waals surface area contributed by atoms with Crippen molar-refractivity contribution in [2.24, 2.45) is 0 Å². The summed E-state index contributed by atoms with van der Waals surface area (Å²) >= 11 is 0. The van der Waals surface area contributed by atoms with Gasteiger partial charge < -0.3 is 4.74 Å². The van der Waals surface area contributed by atoms with Crippen LogP contribution in [-0.4, -0.2) is 12.7 Å². The van der Waals surface area contributed by atoms with Gasteiger partial charge in [-0.25, -0.2) is 13.2 Å². The molecule has 3 rings (SSSR count). The van der Waals surface area contributed by atoms with E-state index in [0.717, 1.165) is 57.8 Å². The molecule has 0 spiro atoms. The number of unbranched alkanes of at least 4 members (excludes halogenated alkanes) is 4. The summed E-state index contributed by atoms with van der Waals surface area (Å²) in [6, 6.07) is 7.94. The van der Waals surface area contributed by atoms with E-state index in [-0.39, 0.29) is 23.4 Å². The molecule has 1 aliphatic heterocycles. The van der Waals surface area contributed by atoms with Gasteiger partial charge in [-0.15, -0.1) is 0 Å². The number of aryl methyl sites for hydroxylation is 1. The highest BCUT2D eigenvalue weighted by molar-refractivity contribution is 5.65. The summed E-state index contributed by atoms with van der Waals surface area (Å²) in [6.45, 7) is 4.71. The maximum atomic E-state index is 14.9. The average Bonchev–Trinajstić information content (AvgIpc) is 2.78. The molecule has 0 N–H and O–H groups in total. The Kier molecular flexibility index (Phi) is 9.01. The number of hydrogen-bond acceptors (Lipinski definition) is 1. The first-order chi connectivity index (χ1) is 15.0. The van der Waals surface area contributed by atoms with Crippen molar-refractivity contribution in [3.63, 3.8) is 0 Å². The van der Waals surface area contributed by atoms with Crippen LogP contribution in [-0.2, 0) is 11.2 Å². The van der Waals surface area contributed by atoms with Gasteiger partial charge in [0.1, 0.15) is 5.82 Å². The van der Waals surface area contributed by atoms with Crippen LogP contribution in [0.15, 0.2) is 30.3 Å². The highest BCUT2D eigenvalue weighted by Crippen LogP contribution is 2.35. The molecule has 170 valence electrons. The number of rotatable bonds is 10. The third kappa shape index (κ3) is 6.12. The normalized spacial score (nSPS) is 19.0. The molecule has 0 aromatic heterocycles. The first-order valence-corrected chi connectivity index (χ1v) is 11.9. The van der Waals surface area contributed by atoms with Gasteiger partial charge in [0.25, 0.3) is 0 Å². The number of benzene rings is 2. The Hall–Kier alpha value is -1.81. The van der Waals surface area contributed by atoms with Gasteiger partial charge in [0, 0.05) is 11.5 Å². The maximum Gasteiger partial charge on any atom is 0.166 e. The number of halogens is 3. The van der Waals surface area contributed by atoms with E-state index >= 15 is 0 Å². The van der Waals surface area contributed by atoms with Crippen molar-refractivity contribution in [3.05, 3.63) is 58.9 Å². The second kappa shape index (κ2) is 11.7. The lowest BCUT2D eigenvalue weighted by atomic mass is 9.88. The van der Waals surface area contributed by atoms with E-state index in [4.69, 9.17) is 4.74 Å². The van der Waals surface area contributed by atoms with Crippen LogP contribution in [0.4, 0.5) is 13.2 Å². The standard InChI is InChI=1S/C27H35F3O/c1-3-5-7-8-9-19-11-12-20(17-25(19)28)23-15-16-24(27(30)26(23)29)21-13-14-22(31-18-21)10-6-4-2/h11-12,15-17,21-22H,3-10,13-14,18H2,1-2H3. The van der Waals surface area contributed by atoms with Crippen molar-refractivity contribution >= 4 is 0 Å². The summed E-state index contributed by atoms with van der Waals surface area (Å²) in [5, 5.41) is 0. The van der Waals surface area contributed by atoms with Crippen molar-refractivity contribution in [1.82, 2.24) is 0 Å². The molecular formula is C27H35F3O. The SMILES string of the molecule is CCCCCCc1ccc(-c2ccc(C3CCC(CCCC)OC3)c(F)c2F)cc1F. The van der Waals surface area contributed by atoms with Crippen LogP contribution in [0.2, 0.25) is 0 Å². The summed E-state index contributed by atoms with van der Waals surface area (Å²) in [6.07, 6.45) is 10.1. The predicted molar refractivity (Wildman–Crippen MR) is 121 cm³/mol. The zero-order valence-electron chi connectivity index (χ0n) is 18.9. The van der Waals surface area contributed by atoms with Gasteiger partial charge in [-0.2, -0.15) is 0 Å². The minimum absolute atomic E-state index is 0.107. The lowest BCUT2D eigenvalue weighted by molar-refractivity contribution is -0.00258. The van der Waals surface area contributed by atoms with Crippen LogP contribution >= 0.6 is 0 Å². The summed E-state index contributed by atoms with van der Waals surface area (Å²) in [4.78, 5) is 0. The van der Waals surface area contributed by atoms with Gasteiger partial charge >= 0.3 is 0 Å². The minimum Gasteiger partial charge on any atom is -0.378 e. The average molecular weight is 433 g/mol. The van der Waals surface area contributed by atoms with Crippen molar-refractivity contribution in [3.8, 4) is 11.1 Å². The van der Waals surface area contributed by atoms with E-state index in [9.17, 15) is 13.2 Å². The Bertz CT molecular complexity index is 841. The first-order valence-electron chi connectivity index (χ1n) is 11.9. The van der Waals surface area contributed by atoms with Gasteiger partial charge in [-0.05, 0) is 54.9 Å². The summed E-state index contributed by atoms with van der Waals surface area (Å²) in [5.41, 5.74) is 1.48. The number of hydrogen-bond donors (Lipinski definition) is 0. The molecule has 1 aliphatic rings. The molecule has 4 heteroatoms. The van der Waals surface area contributed by atoms with Crippen molar-refractivity contribution in [2.75, 3.05) is 6.61 Å². The van der Waals surface area contributed by atoms with Gasteiger partial charge in [0.05, 0.1) is 12.7 Å². The summed E-state index contributed by atoms with van der Waals surface area (Å²) in [7, 11) is 0. The smallest absolute Gasteiger partial charge is 0.166 e. The van der Waals surface area contributed by atoms with Crippen LogP contribution < -0.4 is 0 Å². The highest BCUT2D eigenvalue weighted by Gasteiger charge is 2.27. The third-order valence-electron chi connectivity index (χ3n) is 6.47. The fraction of sp³-hybridized carbons (Fsp3) is 0.556. The zero-order valence-corrected chi connectivity index (χ0v) is 18.9. The second-order valence-corrected chi connectivity index (χ2v) is 8.82. The predicted octanol–water partition coefficient (Wildman–Crippen LogP) is 8.35. The van der Waals surface area contributed by atoms with E-state index in [1.807, 2.05) is 0 Å². The Morgan fingerprint density at radius 3 is 2.35 bits per heavy atom. The molecule has 1 heterocycles. The molecule has 0 radical (unpaired) electrons. The molecule has 0 aliphatic carbocycles. The van der Waals surface area contributed by atoms with E-state index in [2.05, 4.69) is 13.8 Å². The molecule has 1 fully saturated rings. The van der Waals surface area contributed by atoms with E-state index in [1.54, 1.807) is 24.3 Å². The van der Waals surface area contributed by atoms with E-state index < -0.39 is 11.6 Å². The van der Waals surface area contributed by atoms with Gasteiger partial charge in [-0.1, -0.05) is 70.2 Å². The van der Waals surface area contributed by atoms with Crippen molar-refractivity contribution in [2.45, 2.75) is 90.1 Å². The molecule has 2 aromatic rings. The van der Waals surface area contributed by atoms with Crippen LogP contribution in [0.5, 0.6) is 0 Å². The number of ether oxygens (including phenoxy) is 1. The molecule has 2 unspecified atom stereocenters. The maximum absolute atomic E-state index is 14.9. The molecule has 1 nitrogen and oxygen atoms in total. The molecule has 0 amide bonds. The largest absolute Gasteiger partial charge is 0.378 e. The fourth-order valence-corrected chi connectivity index (χ4v) is 4.47. The Balaban J connectivity index is 1.70. The second-order valence-electron chi connectivity index (χ2n) is 8.82. The Morgan fingerprint density at radius 1 is 0.871 bits per heavy atom. The van der Waals surface area contributed by atoms with Crippen LogP contribution in [0, 0.1) is 17.5 Å². The van der Waals surface area contributed by atoms with Crippen LogP contribution in [0.1, 0.15) is 88.7 Å². The molecule has 1 saturated heterocycles.